The van der Waals surface area contributed by atoms with Crippen LogP contribution in [0.5, 0.6) is 5.75 Å². The molecule has 2 aromatic rings. The van der Waals surface area contributed by atoms with Crippen LogP contribution in [0.25, 0.3) is 0 Å². The third-order valence-electron chi connectivity index (χ3n) is 7.37. The summed E-state index contributed by atoms with van der Waals surface area (Å²) in [7, 11) is 0. The molecule has 2 aliphatic heterocycles. The highest BCUT2D eigenvalue weighted by atomic mass is 35.5. The van der Waals surface area contributed by atoms with Crippen molar-refractivity contribution in [3.63, 3.8) is 0 Å². The van der Waals surface area contributed by atoms with Crippen LogP contribution in [0.4, 0.5) is 5.69 Å². The summed E-state index contributed by atoms with van der Waals surface area (Å²) in [6.45, 7) is 10.3. The molecule has 0 bridgehead atoms. The smallest absolute Gasteiger partial charge is 0.120 e. The monoisotopic (exact) mass is 472 g/mol. The molecule has 2 aromatic carbocycles. The van der Waals surface area contributed by atoms with Crippen LogP contribution in [0.1, 0.15) is 42.4 Å². The zero-order valence-electron chi connectivity index (χ0n) is 20.1. The Morgan fingerprint density at radius 3 is 2.03 bits per heavy atom. The van der Waals surface area contributed by atoms with Crippen molar-refractivity contribution in [2.75, 3.05) is 44.2 Å². The van der Waals surface area contributed by atoms with Crippen LogP contribution < -0.4 is 9.64 Å². The van der Waals surface area contributed by atoms with E-state index in [0.29, 0.717) is 19.4 Å². The topological polar surface area (TPSA) is 56.2 Å². The van der Waals surface area contributed by atoms with Crippen molar-refractivity contribution in [1.82, 2.24) is 4.90 Å². The molecule has 0 atom stereocenters. The van der Waals surface area contributed by atoms with Gasteiger partial charge >= 0.3 is 0 Å². The average molecular weight is 473 g/mol. The van der Waals surface area contributed by atoms with Gasteiger partial charge in [0.05, 0.1) is 5.60 Å². The molecule has 2 fully saturated rings. The van der Waals surface area contributed by atoms with Gasteiger partial charge in [0.25, 0.3) is 0 Å². The van der Waals surface area contributed by atoms with Gasteiger partial charge in [0.1, 0.15) is 18.0 Å². The number of hydrogen-bond acceptors (Lipinski definition) is 5. The largest absolute Gasteiger partial charge is 0.491 e. The van der Waals surface area contributed by atoms with E-state index in [9.17, 15) is 10.2 Å². The maximum absolute atomic E-state index is 11.2. The molecule has 0 amide bonds. The van der Waals surface area contributed by atoms with Gasteiger partial charge in [-0.15, -0.1) is 0 Å². The van der Waals surface area contributed by atoms with Crippen molar-refractivity contribution in [2.45, 2.75) is 57.7 Å². The molecule has 2 aliphatic rings. The number of β-amino-alcohol motifs (C(OH)–C–C–N with tert-alkyl or cyclic N) is 1. The van der Waals surface area contributed by atoms with Gasteiger partial charge in [0.2, 0.25) is 0 Å². The molecule has 0 saturated carbocycles. The number of likely N-dealkylation sites (tertiary alicyclic amines) is 1. The molecule has 4 rings (SSSR count). The number of hydrogen-bond donors (Lipinski definition) is 2. The van der Waals surface area contributed by atoms with Crippen LogP contribution in [-0.4, -0.2) is 65.6 Å². The van der Waals surface area contributed by atoms with Gasteiger partial charge in [-0.2, -0.15) is 0 Å². The lowest BCUT2D eigenvalue weighted by Crippen LogP contribution is -2.55. The SMILES string of the molecule is Cc1ccccc1N1CCC(O)(CN2CCC(O)(COc3cc(C)c(Cl)c(C)c3)CC2)CC1. The standard InChI is InChI=1S/C27H37ClN2O3/c1-20-6-4-5-7-24(20)30-14-10-26(31,11-15-30)18-29-12-8-27(32,9-13-29)19-33-23-16-21(2)25(28)22(3)17-23/h4-7,16-17,31-32H,8-15,18-19H2,1-3H3. The van der Waals surface area contributed by atoms with Crippen LogP contribution in [0.2, 0.25) is 5.02 Å². The Labute approximate surface area is 202 Å². The minimum atomic E-state index is -0.839. The molecular weight excluding hydrogens is 436 g/mol. The van der Waals surface area contributed by atoms with Crippen molar-refractivity contribution in [1.29, 1.82) is 0 Å². The Balaban J connectivity index is 1.25. The van der Waals surface area contributed by atoms with Crippen LogP contribution in [-0.2, 0) is 0 Å². The zero-order chi connectivity index (χ0) is 23.6. The molecule has 5 nitrogen and oxygen atoms in total. The van der Waals surface area contributed by atoms with Crippen molar-refractivity contribution < 1.29 is 14.9 Å². The summed E-state index contributed by atoms with van der Waals surface area (Å²) in [5.41, 5.74) is 3.02. The lowest BCUT2D eigenvalue weighted by molar-refractivity contribution is -0.0747. The molecule has 0 aliphatic carbocycles. The summed E-state index contributed by atoms with van der Waals surface area (Å²) < 4.78 is 5.95. The van der Waals surface area contributed by atoms with Crippen LogP contribution in [0.15, 0.2) is 36.4 Å². The first-order chi connectivity index (χ1) is 15.7. The second-order valence-corrected chi connectivity index (χ2v) is 10.5. The lowest BCUT2D eigenvalue weighted by Gasteiger charge is -2.44. The molecule has 0 spiro atoms. The summed E-state index contributed by atoms with van der Waals surface area (Å²) >= 11 is 6.25. The van der Waals surface area contributed by atoms with E-state index >= 15 is 0 Å². The quantitative estimate of drug-likeness (QED) is 0.648. The summed E-state index contributed by atoms with van der Waals surface area (Å²) in [6, 6.07) is 12.3. The van der Waals surface area contributed by atoms with E-state index in [1.54, 1.807) is 0 Å². The Morgan fingerprint density at radius 2 is 1.42 bits per heavy atom. The molecule has 33 heavy (non-hydrogen) atoms. The van der Waals surface area contributed by atoms with E-state index in [2.05, 4.69) is 41.0 Å². The van der Waals surface area contributed by atoms with Crippen LogP contribution in [0, 0.1) is 20.8 Å². The van der Waals surface area contributed by atoms with E-state index in [0.717, 1.165) is 60.9 Å². The fourth-order valence-electron chi connectivity index (χ4n) is 5.14. The second kappa shape index (κ2) is 9.83. The molecule has 2 N–H and O–H groups in total. The second-order valence-electron chi connectivity index (χ2n) is 10.2. The zero-order valence-corrected chi connectivity index (χ0v) is 20.9. The highest BCUT2D eigenvalue weighted by Gasteiger charge is 2.38. The molecule has 180 valence electrons. The number of piperidine rings is 2. The first-order valence-electron chi connectivity index (χ1n) is 12.0. The minimum Gasteiger partial charge on any atom is -0.491 e. The highest BCUT2D eigenvalue weighted by Crippen LogP contribution is 2.32. The molecule has 0 unspecified atom stereocenters. The maximum atomic E-state index is 11.2. The van der Waals surface area contributed by atoms with Crippen molar-refractivity contribution >= 4 is 17.3 Å². The van der Waals surface area contributed by atoms with Crippen molar-refractivity contribution in [2.24, 2.45) is 0 Å². The molecule has 0 radical (unpaired) electrons. The minimum absolute atomic E-state index is 0.275. The Morgan fingerprint density at radius 1 is 0.848 bits per heavy atom. The number of halogens is 1. The average Bonchev–Trinajstić information content (AvgIpc) is 2.79. The number of para-hydroxylation sites is 1. The number of rotatable bonds is 6. The van der Waals surface area contributed by atoms with Gasteiger partial charge in [0, 0.05) is 43.4 Å². The Bertz CT molecular complexity index is 941. The van der Waals surface area contributed by atoms with Crippen LogP contribution >= 0.6 is 11.6 Å². The summed E-state index contributed by atoms with van der Waals surface area (Å²) in [5, 5.41) is 23.1. The van der Waals surface area contributed by atoms with Crippen molar-refractivity contribution in [3.05, 3.63) is 58.1 Å². The molecule has 0 aromatic heterocycles. The van der Waals surface area contributed by atoms with Gasteiger partial charge in [-0.25, -0.2) is 0 Å². The Hall–Kier alpha value is -1.79. The van der Waals surface area contributed by atoms with E-state index in [1.165, 1.54) is 11.3 Å². The van der Waals surface area contributed by atoms with E-state index in [4.69, 9.17) is 16.3 Å². The van der Waals surface area contributed by atoms with Crippen LogP contribution in [0.3, 0.4) is 0 Å². The fraction of sp³-hybridized carbons (Fsp3) is 0.556. The number of nitrogens with zero attached hydrogens (tertiary/aromatic N) is 2. The highest BCUT2D eigenvalue weighted by molar-refractivity contribution is 6.32. The first kappa shape index (κ1) is 24.3. The van der Waals surface area contributed by atoms with E-state index in [-0.39, 0.29) is 6.61 Å². The van der Waals surface area contributed by atoms with Gasteiger partial charge in [-0.3, -0.25) is 0 Å². The third-order valence-corrected chi connectivity index (χ3v) is 7.97. The van der Waals surface area contributed by atoms with Crippen molar-refractivity contribution in [3.8, 4) is 5.75 Å². The molecule has 2 heterocycles. The molecular formula is C27H37ClN2O3. The summed E-state index contributed by atoms with van der Waals surface area (Å²) in [6.07, 6.45) is 2.81. The maximum Gasteiger partial charge on any atom is 0.120 e. The molecule has 6 heteroatoms. The van der Waals surface area contributed by atoms with Gasteiger partial charge in [-0.05, 0) is 81.3 Å². The molecule has 2 saturated heterocycles. The summed E-state index contributed by atoms with van der Waals surface area (Å²) in [5.74, 6) is 0.750. The fourth-order valence-corrected chi connectivity index (χ4v) is 5.24. The number of aliphatic hydroxyl groups is 2. The number of aryl methyl sites for hydroxylation is 3. The predicted molar refractivity (Wildman–Crippen MR) is 135 cm³/mol. The van der Waals surface area contributed by atoms with Gasteiger partial charge in [0.15, 0.2) is 0 Å². The third kappa shape index (κ3) is 5.83. The number of benzene rings is 2. The van der Waals surface area contributed by atoms with E-state index in [1.807, 2.05) is 26.0 Å². The Kier molecular flexibility index (Phi) is 7.25. The number of anilines is 1. The summed E-state index contributed by atoms with van der Waals surface area (Å²) in [4.78, 5) is 4.69. The van der Waals surface area contributed by atoms with Gasteiger partial charge in [-0.1, -0.05) is 29.8 Å². The lowest BCUT2D eigenvalue weighted by atomic mass is 9.87. The van der Waals surface area contributed by atoms with Gasteiger partial charge < -0.3 is 24.7 Å². The first-order valence-corrected chi connectivity index (χ1v) is 12.4. The predicted octanol–water partition coefficient (Wildman–Crippen LogP) is 4.50. The normalized spacial score (nSPS) is 20.6. The van der Waals surface area contributed by atoms with E-state index < -0.39 is 11.2 Å². The number of ether oxygens (including phenoxy) is 1.